The van der Waals surface area contributed by atoms with E-state index < -0.39 is 5.97 Å². The number of para-hydroxylation sites is 2. The van der Waals surface area contributed by atoms with Gasteiger partial charge in [-0.2, -0.15) is 0 Å². The summed E-state index contributed by atoms with van der Waals surface area (Å²) in [4.78, 5) is 10.9. The molecule has 0 heterocycles. The fraction of sp³-hybridized carbons (Fsp3) is 0.0714. The molecule has 0 aromatic heterocycles. The molecule has 2 aromatic carbocycles. The van der Waals surface area contributed by atoms with Crippen LogP contribution in [0.3, 0.4) is 0 Å². The summed E-state index contributed by atoms with van der Waals surface area (Å²) in [5.74, 6) is 0.260. The number of carboxylic acid groups (broad SMARTS) is 1. The molecule has 0 saturated heterocycles. The van der Waals surface area contributed by atoms with Crippen molar-refractivity contribution >= 4 is 11.7 Å². The zero-order valence-electron chi connectivity index (χ0n) is 10.3. The maximum absolute atomic E-state index is 10.9. The Morgan fingerprint density at radius 3 is 2.42 bits per heavy atom. The minimum Gasteiger partial charge on any atom is -0.493 e. The van der Waals surface area contributed by atoms with Crippen molar-refractivity contribution in [2.45, 2.75) is 0 Å². The molecule has 0 atom stereocenters. The van der Waals surface area contributed by atoms with E-state index in [2.05, 4.69) is 0 Å². The van der Waals surface area contributed by atoms with E-state index in [0.717, 1.165) is 0 Å². The predicted octanol–water partition coefficient (Wildman–Crippen LogP) is 2.77. The molecule has 3 N–H and O–H groups in total. The number of nitrogen functional groups attached to an aromatic ring is 1. The molecule has 0 fully saturated rings. The van der Waals surface area contributed by atoms with Gasteiger partial charge < -0.3 is 20.3 Å². The van der Waals surface area contributed by atoms with Gasteiger partial charge in [-0.15, -0.1) is 0 Å². The highest BCUT2D eigenvalue weighted by Gasteiger charge is 2.10. The van der Waals surface area contributed by atoms with Gasteiger partial charge in [-0.05, 0) is 30.3 Å². The number of rotatable bonds is 4. The minimum absolute atomic E-state index is 0.110. The van der Waals surface area contributed by atoms with Crippen LogP contribution < -0.4 is 15.2 Å². The lowest BCUT2D eigenvalue weighted by Gasteiger charge is -2.12. The molecule has 0 amide bonds. The minimum atomic E-state index is -1.04. The fourth-order valence-corrected chi connectivity index (χ4v) is 1.58. The predicted molar refractivity (Wildman–Crippen MR) is 70.9 cm³/mol. The highest BCUT2D eigenvalue weighted by molar-refractivity contribution is 5.89. The number of carboxylic acids is 1. The standard InChI is InChI=1S/C14H13NO4/c1-18-11-4-2-3-5-12(11)19-13-8-9(14(16)17)6-7-10(13)15/h2-8H,15H2,1H3,(H,16,17). The van der Waals surface area contributed by atoms with E-state index in [1.165, 1.54) is 25.3 Å². The van der Waals surface area contributed by atoms with E-state index in [9.17, 15) is 4.79 Å². The second kappa shape index (κ2) is 5.30. The zero-order chi connectivity index (χ0) is 13.8. The first-order chi connectivity index (χ1) is 9.11. The molecule has 0 aliphatic heterocycles. The lowest BCUT2D eigenvalue weighted by Crippen LogP contribution is -1.99. The molecule has 5 nitrogen and oxygen atoms in total. The number of hydrogen-bond acceptors (Lipinski definition) is 4. The van der Waals surface area contributed by atoms with E-state index in [-0.39, 0.29) is 11.3 Å². The topological polar surface area (TPSA) is 81.8 Å². The molecule has 0 aliphatic carbocycles. The van der Waals surface area contributed by atoms with Crippen LogP contribution >= 0.6 is 0 Å². The fourth-order valence-electron chi connectivity index (χ4n) is 1.58. The Hall–Kier alpha value is -2.69. The summed E-state index contributed by atoms with van der Waals surface area (Å²) >= 11 is 0. The van der Waals surface area contributed by atoms with Crippen LogP contribution in [-0.2, 0) is 0 Å². The van der Waals surface area contributed by atoms with E-state index in [0.29, 0.717) is 17.2 Å². The van der Waals surface area contributed by atoms with Crippen LogP contribution in [0.1, 0.15) is 10.4 Å². The Balaban J connectivity index is 2.37. The molecule has 2 rings (SSSR count). The number of nitrogens with two attached hydrogens (primary N) is 1. The highest BCUT2D eigenvalue weighted by Crippen LogP contribution is 2.34. The first-order valence-corrected chi connectivity index (χ1v) is 5.55. The number of ether oxygens (including phenoxy) is 2. The third kappa shape index (κ3) is 2.77. The normalized spacial score (nSPS) is 9.95. The Kier molecular flexibility index (Phi) is 3.56. The van der Waals surface area contributed by atoms with Crippen molar-refractivity contribution in [2.75, 3.05) is 12.8 Å². The molecular weight excluding hydrogens is 246 g/mol. The Bertz CT molecular complexity index is 610. The summed E-state index contributed by atoms with van der Waals surface area (Å²) < 4.78 is 10.8. The summed E-state index contributed by atoms with van der Waals surface area (Å²) in [5, 5.41) is 8.95. The second-order valence-corrected chi connectivity index (χ2v) is 3.81. The van der Waals surface area contributed by atoms with Crippen molar-refractivity contribution in [3.8, 4) is 17.2 Å². The molecule has 0 unspecified atom stereocenters. The smallest absolute Gasteiger partial charge is 0.335 e. The van der Waals surface area contributed by atoms with Gasteiger partial charge >= 0.3 is 5.97 Å². The molecule has 0 bridgehead atoms. The summed E-state index contributed by atoms with van der Waals surface area (Å²) in [6, 6.07) is 11.3. The number of methoxy groups -OCH3 is 1. The molecule has 0 saturated carbocycles. The lowest BCUT2D eigenvalue weighted by atomic mass is 10.2. The first kappa shape index (κ1) is 12.8. The van der Waals surface area contributed by atoms with Gasteiger partial charge in [0.1, 0.15) is 0 Å². The first-order valence-electron chi connectivity index (χ1n) is 5.55. The summed E-state index contributed by atoms with van der Waals surface area (Å²) in [6.07, 6.45) is 0. The van der Waals surface area contributed by atoms with Crippen LogP contribution in [0, 0.1) is 0 Å². The van der Waals surface area contributed by atoms with Gasteiger partial charge in [-0.25, -0.2) is 4.79 Å². The number of aromatic carboxylic acids is 1. The summed E-state index contributed by atoms with van der Waals surface area (Å²) in [5.41, 5.74) is 6.24. The molecule has 5 heteroatoms. The van der Waals surface area contributed by atoms with Gasteiger partial charge in [0.15, 0.2) is 17.2 Å². The lowest BCUT2D eigenvalue weighted by molar-refractivity contribution is 0.0696. The van der Waals surface area contributed by atoms with Crippen LogP contribution in [-0.4, -0.2) is 18.2 Å². The van der Waals surface area contributed by atoms with Crippen molar-refractivity contribution in [3.05, 3.63) is 48.0 Å². The molecule has 98 valence electrons. The Morgan fingerprint density at radius 1 is 1.11 bits per heavy atom. The number of carbonyl (C=O) groups is 1. The zero-order valence-corrected chi connectivity index (χ0v) is 10.3. The monoisotopic (exact) mass is 259 g/mol. The van der Waals surface area contributed by atoms with Gasteiger partial charge in [-0.1, -0.05) is 12.1 Å². The maximum Gasteiger partial charge on any atom is 0.335 e. The van der Waals surface area contributed by atoms with Crippen molar-refractivity contribution < 1.29 is 19.4 Å². The quantitative estimate of drug-likeness (QED) is 0.825. The molecule has 0 aliphatic rings. The van der Waals surface area contributed by atoms with Crippen molar-refractivity contribution in [1.82, 2.24) is 0 Å². The molecule has 0 radical (unpaired) electrons. The van der Waals surface area contributed by atoms with Crippen molar-refractivity contribution in [1.29, 1.82) is 0 Å². The number of benzene rings is 2. The van der Waals surface area contributed by atoms with Crippen molar-refractivity contribution in [3.63, 3.8) is 0 Å². The molecule has 2 aromatic rings. The maximum atomic E-state index is 10.9. The van der Waals surface area contributed by atoms with Crippen LogP contribution in [0.4, 0.5) is 5.69 Å². The second-order valence-electron chi connectivity index (χ2n) is 3.81. The van der Waals surface area contributed by atoms with Crippen LogP contribution in [0.15, 0.2) is 42.5 Å². The van der Waals surface area contributed by atoms with E-state index in [4.69, 9.17) is 20.3 Å². The highest BCUT2D eigenvalue weighted by atomic mass is 16.5. The molecule has 19 heavy (non-hydrogen) atoms. The van der Waals surface area contributed by atoms with E-state index in [1.54, 1.807) is 18.2 Å². The van der Waals surface area contributed by atoms with Crippen LogP contribution in [0.2, 0.25) is 0 Å². The van der Waals surface area contributed by atoms with Gasteiger partial charge in [0.2, 0.25) is 0 Å². The molecular formula is C14H13NO4. The van der Waals surface area contributed by atoms with Gasteiger partial charge in [0, 0.05) is 0 Å². The summed E-state index contributed by atoms with van der Waals surface area (Å²) in [6.45, 7) is 0. The van der Waals surface area contributed by atoms with Gasteiger partial charge in [-0.3, -0.25) is 0 Å². The van der Waals surface area contributed by atoms with Gasteiger partial charge in [0.25, 0.3) is 0 Å². The number of hydrogen-bond donors (Lipinski definition) is 2. The number of anilines is 1. The largest absolute Gasteiger partial charge is 0.493 e. The molecule has 0 spiro atoms. The van der Waals surface area contributed by atoms with Gasteiger partial charge in [0.05, 0.1) is 18.4 Å². The Labute approximate surface area is 110 Å². The van der Waals surface area contributed by atoms with E-state index >= 15 is 0 Å². The van der Waals surface area contributed by atoms with Crippen LogP contribution in [0.25, 0.3) is 0 Å². The van der Waals surface area contributed by atoms with E-state index in [1.807, 2.05) is 6.07 Å². The Morgan fingerprint density at radius 2 is 1.79 bits per heavy atom. The third-order valence-electron chi connectivity index (χ3n) is 2.55. The van der Waals surface area contributed by atoms with Crippen molar-refractivity contribution in [2.24, 2.45) is 0 Å². The van der Waals surface area contributed by atoms with Crippen LogP contribution in [0.5, 0.6) is 17.2 Å². The average Bonchev–Trinajstić information content (AvgIpc) is 2.41. The third-order valence-corrected chi connectivity index (χ3v) is 2.55. The SMILES string of the molecule is COc1ccccc1Oc1cc(C(=O)O)ccc1N. The summed E-state index contributed by atoms with van der Waals surface area (Å²) in [7, 11) is 1.53. The average molecular weight is 259 g/mol.